The third kappa shape index (κ3) is 6.81. The number of fused-ring (bicyclic) bond motifs is 6. The van der Waals surface area contributed by atoms with Crippen LogP contribution in [0.3, 0.4) is 0 Å². The van der Waals surface area contributed by atoms with Gasteiger partial charge in [-0.25, -0.2) is 0 Å². The van der Waals surface area contributed by atoms with Crippen LogP contribution < -0.4 is 9.80 Å². The van der Waals surface area contributed by atoms with Crippen LogP contribution in [0.15, 0.2) is 279 Å². The average Bonchev–Trinajstić information content (AvgIpc) is 3.93. The number of anilines is 6. The SMILES string of the molecule is C1=CCC(C2(c3ccc4c(c3)c3cc(N(c5ccccc5)c5ccccc5)ccc3n4-c3ccc(N(c4ccccc4)c4cccc(-c5ccccc5)c4)cc3)c3ccccc3-c3ccccc32)C=C1. The molecule has 70 heavy (non-hydrogen) atoms. The van der Waals surface area contributed by atoms with Gasteiger partial charge in [0.25, 0.3) is 0 Å². The van der Waals surface area contributed by atoms with Crippen molar-refractivity contribution in [3.8, 4) is 27.9 Å². The minimum absolute atomic E-state index is 0.226. The number of hydrogen-bond acceptors (Lipinski definition) is 2. The molecule has 0 aliphatic heterocycles. The van der Waals surface area contributed by atoms with E-state index in [4.69, 9.17) is 0 Å². The Bertz CT molecular complexity index is 3650. The molecule has 1 unspecified atom stereocenters. The summed E-state index contributed by atoms with van der Waals surface area (Å²) < 4.78 is 2.47. The summed E-state index contributed by atoms with van der Waals surface area (Å²) in [6, 6.07) is 93.3. The molecule has 3 nitrogen and oxygen atoms in total. The lowest BCUT2D eigenvalue weighted by molar-refractivity contribution is 0.458. The normalized spacial score (nSPS) is 14.4. The zero-order valence-corrected chi connectivity index (χ0v) is 38.7. The molecule has 0 saturated carbocycles. The zero-order valence-electron chi connectivity index (χ0n) is 38.7. The van der Waals surface area contributed by atoms with Crippen molar-refractivity contribution < 1.29 is 0 Å². The van der Waals surface area contributed by atoms with Crippen molar-refractivity contribution in [1.82, 2.24) is 4.57 Å². The number of hydrogen-bond donors (Lipinski definition) is 0. The Kier molecular flexibility index (Phi) is 10.2. The molecule has 0 saturated heterocycles. The monoisotopic (exact) mass is 895 g/mol. The number of nitrogens with zero attached hydrogens (tertiary/aromatic N) is 3. The second-order valence-electron chi connectivity index (χ2n) is 18.4. The van der Waals surface area contributed by atoms with Crippen LogP contribution in [0.5, 0.6) is 0 Å². The molecule has 0 spiro atoms. The largest absolute Gasteiger partial charge is 0.310 e. The van der Waals surface area contributed by atoms with Crippen molar-refractivity contribution in [3.05, 3.63) is 296 Å². The van der Waals surface area contributed by atoms with E-state index in [1.54, 1.807) is 0 Å². The summed E-state index contributed by atoms with van der Waals surface area (Å²) in [7, 11) is 0. The highest BCUT2D eigenvalue weighted by molar-refractivity contribution is 6.11. The first-order chi connectivity index (χ1) is 34.7. The second kappa shape index (κ2) is 17.3. The standard InChI is InChI=1S/C67H49N3/c1-6-21-48(22-7-1)49-23-20-32-57(45-49)69(54-30-14-5-15-31-54)55-38-40-56(41-39-55)70-65-43-37-51(67(50-24-8-2-9-25-50)63-35-18-16-33-59(63)60-34-17-19-36-64(60)67)46-61(65)62-47-58(42-44-66(62)70)68(52-26-10-3-11-27-52)53-28-12-4-13-29-53/h1-24,26-47,50H,25H2. The number of para-hydroxylation sites is 3. The molecule has 1 aromatic heterocycles. The van der Waals surface area contributed by atoms with Crippen LogP contribution in [-0.4, -0.2) is 4.57 Å². The van der Waals surface area contributed by atoms with Gasteiger partial charge >= 0.3 is 0 Å². The molecule has 0 radical (unpaired) electrons. The Morgan fingerprint density at radius 2 is 0.843 bits per heavy atom. The lowest BCUT2D eigenvalue weighted by atomic mass is 9.62. The van der Waals surface area contributed by atoms with Crippen molar-refractivity contribution >= 4 is 55.9 Å². The lowest BCUT2D eigenvalue weighted by Crippen LogP contribution is -2.35. The minimum Gasteiger partial charge on any atom is -0.310 e. The van der Waals surface area contributed by atoms with E-state index in [9.17, 15) is 0 Å². The van der Waals surface area contributed by atoms with E-state index in [-0.39, 0.29) is 5.92 Å². The van der Waals surface area contributed by atoms with Crippen molar-refractivity contribution in [1.29, 1.82) is 0 Å². The highest BCUT2D eigenvalue weighted by atomic mass is 15.1. The molecule has 2 aliphatic rings. The van der Waals surface area contributed by atoms with Crippen molar-refractivity contribution in [2.45, 2.75) is 11.8 Å². The lowest BCUT2D eigenvalue weighted by Gasteiger charge is -2.39. The summed E-state index contributed by atoms with van der Waals surface area (Å²) >= 11 is 0. The number of aromatic nitrogens is 1. The maximum absolute atomic E-state index is 2.53. The highest BCUT2D eigenvalue weighted by Gasteiger charge is 2.49. The van der Waals surface area contributed by atoms with Gasteiger partial charge in [-0.1, -0.05) is 176 Å². The van der Waals surface area contributed by atoms with Crippen LogP contribution >= 0.6 is 0 Å². The number of allylic oxidation sites excluding steroid dienone is 4. The summed E-state index contributed by atoms with van der Waals surface area (Å²) in [6.07, 6.45) is 10.2. The first-order valence-corrected chi connectivity index (χ1v) is 24.4. The van der Waals surface area contributed by atoms with Crippen molar-refractivity contribution in [2.75, 3.05) is 9.80 Å². The molecule has 0 amide bonds. The molecule has 2 aliphatic carbocycles. The zero-order chi connectivity index (χ0) is 46.4. The van der Waals surface area contributed by atoms with Gasteiger partial charge < -0.3 is 14.4 Å². The second-order valence-corrected chi connectivity index (χ2v) is 18.4. The Morgan fingerprint density at radius 3 is 1.43 bits per heavy atom. The quantitative estimate of drug-likeness (QED) is 0.136. The van der Waals surface area contributed by atoms with E-state index in [1.165, 1.54) is 55.2 Å². The topological polar surface area (TPSA) is 11.4 Å². The van der Waals surface area contributed by atoms with Crippen molar-refractivity contribution in [2.24, 2.45) is 5.92 Å². The fraction of sp³-hybridized carbons (Fsp3) is 0.0448. The van der Waals surface area contributed by atoms with Gasteiger partial charge in [-0.2, -0.15) is 0 Å². The average molecular weight is 896 g/mol. The van der Waals surface area contributed by atoms with Crippen LogP contribution in [0, 0.1) is 5.92 Å². The highest BCUT2D eigenvalue weighted by Crippen LogP contribution is 2.58. The molecule has 10 aromatic carbocycles. The molecule has 1 atom stereocenters. The van der Waals surface area contributed by atoms with Crippen molar-refractivity contribution in [3.63, 3.8) is 0 Å². The predicted molar refractivity (Wildman–Crippen MR) is 294 cm³/mol. The summed E-state index contributed by atoms with van der Waals surface area (Å²) in [5.74, 6) is 0.226. The fourth-order valence-electron chi connectivity index (χ4n) is 11.6. The number of rotatable bonds is 10. The molecule has 11 aromatic rings. The predicted octanol–water partition coefficient (Wildman–Crippen LogP) is 17.8. The van der Waals surface area contributed by atoms with E-state index >= 15 is 0 Å². The van der Waals surface area contributed by atoms with E-state index in [1.807, 2.05) is 0 Å². The first kappa shape index (κ1) is 41.3. The summed E-state index contributed by atoms with van der Waals surface area (Å²) in [5, 5.41) is 2.42. The molecule has 1 heterocycles. The third-order valence-electron chi connectivity index (χ3n) is 14.6. The molecular formula is C67H49N3. The smallest absolute Gasteiger partial charge is 0.0542 e. The molecule has 0 N–H and O–H groups in total. The van der Waals surface area contributed by atoms with E-state index < -0.39 is 5.41 Å². The van der Waals surface area contributed by atoms with E-state index in [0.29, 0.717) is 0 Å². The summed E-state index contributed by atoms with van der Waals surface area (Å²) in [4.78, 5) is 4.73. The van der Waals surface area contributed by atoms with Crippen LogP contribution in [-0.2, 0) is 5.41 Å². The van der Waals surface area contributed by atoms with Gasteiger partial charge in [-0.3, -0.25) is 0 Å². The molecule has 3 heteroatoms. The van der Waals surface area contributed by atoms with Gasteiger partial charge in [0.2, 0.25) is 0 Å². The van der Waals surface area contributed by atoms with Gasteiger partial charge in [0, 0.05) is 50.6 Å². The summed E-state index contributed by atoms with van der Waals surface area (Å²) in [6.45, 7) is 0. The Balaban J connectivity index is 1.02. The molecule has 0 fully saturated rings. The van der Waals surface area contributed by atoms with Crippen LogP contribution in [0.1, 0.15) is 23.1 Å². The molecule has 13 rings (SSSR count). The Hall–Kier alpha value is -8.92. The van der Waals surface area contributed by atoms with Crippen LogP contribution in [0.25, 0.3) is 49.7 Å². The maximum Gasteiger partial charge on any atom is 0.0542 e. The maximum atomic E-state index is 2.53. The van der Waals surface area contributed by atoms with Gasteiger partial charge in [-0.05, 0) is 154 Å². The number of benzene rings is 10. The Labute approximate surface area is 409 Å². The van der Waals surface area contributed by atoms with Crippen LogP contribution in [0.2, 0.25) is 0 Å². The Morgan fingerprint density at radius 1 is 0.371 bits per heavy atom. The van der Waals surface area contributed by atoms with E-state index in [0.717, 1.165) is 51.7 Å². The van der Waals surface area contributed by atoms with Gasteiger partial charge in [-0.15, -0.1) is 0 Å². The van der Waals surface area contributed by atoms with Crippen LogP contribution in [0.4, 0.5) is 34.1 Å². The fourth-order valence-corrected chi connectivity index (χ4v) is 11.6. The molecular weight excluding hydrogens is 847 g/mol. The minimum atomic E-state index is -0.394. The molecule has 332 valence electrons. The summed E-state index contributed by atoms with van der Waals surface area (Å²) in [5.41, 5.74) is 18.7. The van der Waals surface area contributed by atoms with E-state index in [2.05, 4.69) is 293 Å². The van der Waals surface area contributed by atoms with Gasteiger partial charge in [0.05, 0.1) is 16.4 Å². The third-order valence-corrected chi connectivity index (χ3v) is 14.6. The van der Waals surface area contributed by atoms with Gasteiger partial charge in [0.1, 0.15) is 0 Å². The first-order valence-electron chi connectivity index (χ1n) is 24.4. The van der Waals surface area contributed by atoms with Gasteiger partial charge in [0.15, 0.2) is 0 Å². The molecule has 0 bridgehead atoms.